The molecule has 0 bridgehead atoms. The molecule has 0 radical (unpaired) electrons. The third kappa shape index (κ3) is 4.97. The van der Waals surface area contributed by atoms with Gasteiger partial charge in [-0.3, -0.25) is 9.59 Å². The molecule has 1 amide bonds. The zero-order chi connectivity index (χ0) is 16.5. The van der Waals surface area contributed by atoms with Gasteiger partial charge in [0.2, 0.25) is 5.91 Å². The average molecular weight is 309 g/mol. The molecule has 2 atom stereocenters. The molecule has 0 N–H and O–H groups in total. The maximum absolute atomic E-state index is 12.4. The number of unbranched alkanes of at least 4 members (excludes halogenated alkanes) is 2. The highest BCUT2D eigenvalue weighted by Gasteiger charge is 2.38. The van der Waals surface area contributed by atoms with Crippen LogP contribution in [0, 0.1) is 5.92 Å². The summed E-state index contributed by atoms with van der Waals surface area (Å²) in [6.45, 7) is 4.14. The molecule has 0 aliphatic carbocycles. The van der Waals surface area contributed by atoms with Gasteiger partial charge in [-0.25, -0.2) is 4.79 Å². The van der Waals surface area contributed by atoms with Crippen molar-refractivity contribution in [2.45, 2.75) is 58.4 Å². The van der Waals surface area contributed by atoms with Crippen molar-refractivity contribution < 1.29 is 19.1 Å². The number of hydrogen-bond acceptors (Lipinski definition) is 4. The lowest BCUT2D eigenvalue weighted by Gasteiger charge is -2.25. The van der Waals surface area contributed by atoms with E-state index in [2.05, 4.69) is 6.08 Å². The highest BCUT2D eigenvalue weighted by molar-refractivity contribution is 6.02. The summed E-state index contributed by atoms with van der Waals surface area (Å²) in [5, 5.41) is 0. The van der Waals surface area contributed by atoms with E-state index in [0.717, 1.165) is 25.7 Å². The molecule has 0 spiro atoms. The van der Waals surface area contributed by atoms with Gasteiger partial charge in [-0.05, 0) is 46.0 Å². The van der Waals surface area contributed by atoms with Crippen molar-refractivity contribution >= 4 is 17.7 Å². The largest absolute Gasteiger partial charge is 0.467 e. The minimum atomic E-state index is -0.674. The Morgan fingerprint density at radius 2 is 2.05 bits per heavy atom. The number of amides is 1. The SMILES string of the molecule is C/C=C/CCCCC(=O)C(C)C(=O)N1CCC[C@H]1C(=O)OC. The number of likely N-dealkylation sites (tertiary alicyclic amines) is 1. The Morgan fingerprint density at radius 1 is 1.32 bits per heavy atom. The van der Waals surface area contributed by atoms with Gasteiger partial charge in [0.05, 0.1) is 13.0 Å². The summed E-state index contributed by atoms with van der Waals surface area (Å²) in [7, 11) is 1.32. The quantitative estimate of drug-likeness (QED) is 0.299. The maximum atomic E-state index is 12.4. The van der Waals surface area contributed by atoms with Crippen molar-refractivity contribution in [2.75, 3.05) is 13.7 Å². The van der Waals surface area contributed by atoms with E-state index >= 15 is 0 Å². The van der Waals surface area contributed by atoms with Crippen molar-refractivity contribution in [3.63, 3.8) is 0 Å². The van der Waals surface area contributed by atoms with Gasteiger partial charge in [-0.1, -0.05) is 12.2 Å². The first kappa shape index (κ1) is 18.4. The third-order valence-electron chi connectivity index (χ3n) is 4.14. The molecule has 1 fully saturated rings. The standard InChI is InChI=1S/C17H27NO4/c1-4-5-6-7-8-11-15(19)13(2)16(20)18-12-9-10-14(18)17(21)22-3/h4-5,13-14H,6-12H2,1-3H3/b5-4+/t13?,14-/m0/s1. The van der Waals surface area contributed by atoms with Crippen LogP contribution < -0.4 is 0 Å². The molecule has 5 nitrogen and oxygen atoms in total. The van der Waals surface area contributed by atoms with Crippen LogP contribution in [0.25, 0.3) is 0 Å². The van der Waals surface area contributed by atoms with Gasteiger partial charge in [-0.2, -0.15) is 0 Å². The molecule has 0 aromatic carbocycles. The fourth-order valence-electron chi connectivity index (χ4n) is 2.74. The second-order valence-electron chi connectivity index (χ2n) is 5.72. The van der Waals surface area contributed by atoms with Crippen molar-refractivity contribution in [3.05, 3.63) is 12.2 Å². The van der Waals surface area contributed by atoms with Crippen LogP contribution in [-0.2, 0) is 19.1 Å². The molecule has 1 rings (SSSR count). The summed E-state index contributed by atoms with van der Waals surface area (Å²) >= 11 is 0. The van der Waals surface area contributed by atoms with Crippen LogP contribution in [0.3, 0.4) is 0 Å². The first-order valence-corrected chi connectivity index (χ1v) is 8.05. The van der Waals surface area contributed by atoms with E-state index in [0.29, 0.717) is 19.4 Å². The first-order chi connectivity index (χ1) is 10.5. The Labute approximate surface area is 132 Å². The second-order valence-corrected chi connectivity index (χ2v) is 5.72. The van der Waals surface area contributed by atoms with E-state index in [-0.39, 0.29) is 11.7 Å². The minimum Gasteiger partial charge on any atom is -0.467 e. The first-order valence-electron chi connectivity index (χ1n) is 8.05. The highest BCUT2D eigenvalue weighted by Crippen LogP contribution is 2.22. The molecule has 0 aromatic rings. The van der Waals surface area contributed by atoms with E-state index in [1.165, 1.54) is 12.0 Å². The molecule has 5 heteroatoms. The van der Waals surface area contributed by atoms with Crippen LogP contribution in [0.4, 0.5) is 0 Å². The topological polar surface area (TPSA) is 63.7 Å². The molecule has 0 aromatic heterocycles. The number of rotatable bonds is 8. The van der Waals surface area contributed by atoms with Crippen LogP contribution in [0.15, 0.2) is 12.2 Å². The molecule has 1 aliphatic heterocycles. The van der Waals surface area contributed by atoms with Crippen molar-refractivity contribution in [3.8, 4) is 0 Å². The Morgan fingerprint density at radius 3 is 2.68 bits per heavy atom. The lowest BCUT2D eigenvalue weighted by molar-refractivity contribution is -0.153. The fourth-order valence-corrected chi connectivity index (χ4v) is 2.74. The molecule has 1 saturated heterocycles. The molecule has 22 heavy (non-hydrogen) atoms. The van der Waals surface area contributed by atoms with E-state index in [4.69, 9.17) is 4.74 Å². The molecule has 124 valence electrons. The van der Waals surface area contributed by atoms with Crippen LogP contribution in [0.2, 0.25) is 0 Å². The molecule has 1 aliphatic rings. The predicted molar refractivity (Wildman–Crippen MR) is 84.2 cm³/mol. The number of esters is 1. The summed E-state index contributed by atoms with van der Waals surface area (Å²) in [5.74, 6) is -1.35. The van der Waals surface area contributed by atoms with Crippen molar-refractivity contribution in [1.82, 2.24) is 4.90 Å². The van der Waals surface area contributed by atoms with Gasteiger partial charge in [0, 0.05) is 13.0 Å². The Bertz CT molecular complexity index is 430. The summed E-state index contributed by atoms with van der Waals surface area (Å²) in [5.41, 5.74) is 0. The Hall–Kier alpha value is -1.65. The van der Waals surface area contributed by atoms with Gasteiger partial charge >= 0.3 is 5.97 Å². The number of carbonyl (C=O) groups excluding carboxylic acids is 3. The average Bonchev–Trinajstić information content (AvgIpc) is 3.01. The number of allylic oxidation sites excluding steroid dienone is 2. The number of carbonyl (C=O) groups is 3. The zero-order valence-corrected chi connectivity index (χ0v) is 13.8. The molecule has 1 unspecified atom stereocenters. The highest BCUT2D eigenvalue weighted by atomic mass is 16.5. The van der Waals surface area contributed by atoms with E-state index < -0.39 is 17.9 Å². The molecular formula is C17H27NO4. The summed E-state index contributed by atoms with van der Waals surface area (Å²) < 4.78 is 4.73. The lowest BCUT2D eigenvalue weighted by atomic mass is 9.99. The zero-order valence-electron chi connectivity index (χ0n) is 13.8. The fraction of sp³-hybridized carbons (Fsp3) is 0.706. The van der Waals surface area contributed by atoms with Crippen LogP contribution in [0.5, 0.6) is 0 Å². The normalized spacial score (nSPS) is 19.4. The van der Waals surface area contributed by atoms with Gasteiger partial charge in [0.25, 0.3) is 0 Å². The number of ketones is 1. The minimum absolute atomic E-state index is 0.0407. The summed E-state index contributed by atoms with van der Waals surface area (Å²) in [6.07, 6.45) is 8.58. The van der Waals surface area contributed by atoms with Crippen molar-refractivity contribution in [1.29, 1.82) is 0 Å². The van der Waals surface area contributed by atoms with Crippen LogP contribution >= 0.6 is 0 Å². The molecule has 0 saturated carbocycles. The number of methoxy groups -OCH3 is 1. The van der Waals surface area contributed by atoms with E-state index in [9.17, 15) is 14.4 Å². The predicted octanol–water partition coefficient (Wildman–Crippen LogP) is 2.49. The van der Waals surface area contributed by atoms with Gasteiger partial charge in [0.15, 0.2) is 0 Å². The summed E-state index contributed by atoms with van der Waals surface area (Å²) in [6, 6.07) is -0.526. The second kappa shape index (κ2) is 9.38. The smallest absolute Gasteiger partial charge is 0.328 e. The number of hydrogen-bond donors (Lipinski definition) is 0. The number of nitrogens with zero attached hydrogens (tertiary/aromatic N) is 1. The molecular weight excluding hydrogens is 282 g/mol. The third-order valence-corrected chi connectivity index (χ3v) is 4.14. The van der Waals surface area contributed by atoms with Crippen LogP contribution in [0.1, 0.15) is 52.4 Å². The van der Waals surface area contributed by atoms with Crippen LogP contribution in [-0.4, -0.2) is 42.3 Å². The monoisotopic (exact) mass is 309 g/mol. The Balaban J connectivity index is 2.49. The number of Topliss-reactive ketones (excluding diaryl/α,β-unsaturated/α-hetero) is 1. The lowest BCUT2D eigenvalue weighted by Crippen LogP contribution is -2.45. The van der Waals surface area contributed by atoms with Crippen molar-refractivity contribution in [2.24, 2.45) is 5.92 Å². The maximum Gasteiger partial charge on any atom is 0.328 e. The number of ether oxygens (including phenoxy) is 1. The van der Waals surface area contributed by atoms with E-state index in [1.54, 1.807) is 6.92 Å². The van der Waals surface area contributed by atoms with Gasteiger partial charge in [-0.15, -0.1) is 0 Å². The summed E-state index contributed by atoms with van der Waals surface area (Å²) in [4.78, 5) is 37.8. The van der Waals surface area contributed by atoms with Gasteiger partial charge in [0.1, 0.15) is 11.8 Å². The van der Waals surface area contributed by atoms with E-state index in [1.807, 2.05) is 13.0 Å². The van der Waals surface area contributed by atoms with Gasteiger partial charge < -0.3 is 9.64 Å². The Kier molecular flexibility index (Phi) is 7.85. The molecule has 1 heterocycles.